The van der Waals surface area contributed by atoms with Crippen molar-refractivity contribution in [2.45, 2.75) is 26.9 Å². The standard InChI is InChI=1S/C13H13F3N2/c1-6-4-5-9-10(17)8(3)12(13(14,15)16)18-11(9)7(6)2/h4-5H,1-3H3,(H2,17,18). The largest absolute Gasteiger partial charge is 0.433 e. The molecular weight excluding hydrogens is 241 g/mol. The Hall–Kier alpha value is -1.78. The van der Waals surface area contributed by atoms with Crippen LogP contribution in [-0.4, -0.2) is 4.98 Å². The molecule has 0 aliphatic rings. The Morgan fingerprint density at radius 3 is 2.22 bits per heavy atom. The molecule has 1 aromatic heterocycles. The number of halogens is 3. The lowest BCUT2D eigenvalue weighted by Gasteiger charge is -2.15. The van der Waals surface area contributed by atoms with Crippen LogP contribution in [0.1, 0.15) is 22.4 Å². The van der Waals surface area contributed by atoms with Crippen LogP contribution >= 0.6 is 0 Å². The molecule has 0 amide bonds. The van der Waals surface area contributed by atoms with Gasteiger partial charge in [0.15, 0.2) is 0 Å². The molecule has 96 valence electrons. The highest BCUT2D eigenvalue weighted by Crippen LogP contribution is 2.36. The van der Waals surface area contributed by atoms with Crippen molar-refractivity contribution < 1.29 is 13.2 Å². The van der Waals surface area contributed by atoms with Gasteiger partial charge in [0.25, 0.3) is 0 Å². The molecule has 2 rings (SSSR count). The number of alkyl halides is 3. The second-order valence-corrected chi connectivity index (χ2v) is 4.40. The number of hydrogen-bond acceptors (Lipinski definition) is 2. The second-order valence-electron chi connectivity index (χ2n) is 4.40. The number of benzene rings is 1. The number of fused-ring (bicyclic) bond motifs is 1. The van der Waals surface area contributed by atoms with Crippen LogP contribution in [-0.2, 0) is 6.18 Å². The summed E-state index contributed by atoms with van der Waals surface area (Å²) in [5.41, 5.74) is 6.97. The van der Waals surface area contributed by atoms with Crippen molar-refractivity contribution >= 4 is 16.6 Å². The van der Waals surface area contributed by atoms with Gasteiger partial charge in [-0.3, -0.25) is 0 Å². The highest BCUT2D eigenvalue weighted by atomic mass is 19.4. The molecule has 0 bridgehead atoms. The Labute approximate surface area is 103 Å². The average Bonchev–Trinajstić information content (AvgIpc) is 2.26. The molecule has 0 fully saturated rings. The maximum Gasteiger partial charge on any atom is 0.433 e. The fourth-order valence-electron chi connectivity index (χ4n) is 1.96. The first-order chi connectivity index (χ1) is 8.23. The SMILES string of the molecule is Cc1ccc2c(N)c(C)c(C(F)(F)F)nc2c1C. The number of aryl methyl sites for hydroxylation is 2. The van der Waals surface area contributed by atoms with Crippen molar-refractivity contribution in [3.05, 3.63) is 34.5 Å². The number of aromatic nitrogens is 1. The van der Waals surface area contributed by atoms with Gasteiger partial charge in [0.2, 0.25) is 0 Å². The maximum absolute atomic E-state index is 12.9. The summed E-state index contributed by atoms with van der Waals surface area (Å²) in [5.74, 6) is 0. The summed E-state index contributed by atoms with van der Waals surface area (Å²) in [4.78, 5) is 3.76. The fraction of sp³-hybridized carbons (Fsp3) is 0.308. The zero-order valence-electron chi connectivity index (χ0n) is 10.3. The Balaban J connectivity index is 2.94. The Kier molecular flexibility index (Phi) is 2.72. The van der Waals surface area contributed by atoms with Crippen LogP contribution in [0, 0.1) is 20.8 Å². The smallest absolute Gasteiger partial charge is 0.398 e. The van der Waals surface area contributed by atoms with Crippen molar-refractivity contribution in [2.24, 2.45) is 0 Å². The van der Waals surface area contributed by atoms with E-state index in [0.29, 0.717) is 10.9 Å². The van der Waals surface area contributed by atoms with Crippen molar-refractivity contribution in [1.82, 2.24) is 4.98 Å². The Morgan fingerprint density at radius 2 is 1.67 bits per heavy atom. The number of pyridine rings is 1. The van der Waals surface area contributed by atoms with E-state index in [1.165, 1.54) is 6.92 Å². The monoisotopic (exact) mass is 254 g/mol. The van der Waals surface area contributed by atoms with Crippen LogP contribution in [0.25, 0.3) is 10.9 Å². The van der Waals surface area contributed by atoms with Crippen LogP contribution in [0.15, 0.2) is 12.1 Å². The Bertz CT molecular complexity index is 630. The minimum Gasteiger partial charge on any atom is -0.398 e. The van der Waals surface area contributed by atoms with E-state index in [9.17, 15) is 13.2 Å². The molecular formula is C13H13F3N2. The predicted molar refractivity (Wildman–Crippen MR) is 65.4 cm³/mol. The third-order valence-electron chi connectivity index (χ3n) is 3.24. The van der Waals surface area contributed by atoms with Crippen LogP contribution in [0.3, 0.4) is 0 Å². The quantitative estimate of drug-likeness (QED) is 0.777. The summed E-state index contributed by atoms with van der Waals surface area (Å²) < 4.78 is 38.6. The molecule has 1 heterocycles. The number of hydrogen-bond donors (Lipinski definition) is 1. The minimum absolute atomic E-state index is 0.0155. The van der Waals surface area contributed by atoms with Gasteiger partial charge in [0, 0.05) is 16.6 Å². The first-order valence-electron chi connectivity index (χ1n) is 5.46. The van der Waals surface area contributed by atoms with Crippen molar-refractivity contribution in [1.29, 1.82) is 0 Å². The summed E-state index contributed by atoms with van der Waals surface area (Å²) in [6.07, 6.45) is -4.48. The third kappa shape index (κ3) is 1.79. The Morgan fingerprint density at radius 1 is 1.06 bits per heavy atom. The van der Waals surface area contributed by atoms with Gasteiger partial charge in [-0.1, -0.05) is 12.1 Å². The summed E-state index contributed by atoms with van der Waals surface area (Å²) in [6.45, 7) is 4.93. The number of rotatable bonds is 0. The first-order valence-corrected chi connectivity index (χ1v) is 5.46. The van der Waals surface area contributed by atoms with E-state index in [-0.39, 0.29) is 11.3 Å². The van der Waals surface area contributed by atoms with E-state index in [2.05, 4.69) is 4.98 Å². The van der Waals surface area contributed by atoms with E-state index >= 15 is 0 Å². The van der Waals surface area contributed by atoms with Crippen LogP contribution in [0.5, 0.6) is 0 Å². The third-order valence-corrected chi connectivity index (χ3v) is 3.24. The molecule has 0 unspecified atom stereocenters. The molecule has 1 aromatic carbocycles. The molecule has 0 saturated carbocycles. The molecule has 0 atom stereocenters. The van der Waals surface area contributed by atoms with E-state index in [0.717, 1.165) is 11.1 Å². The van der Waals surface area contributed by atoms with Gasteiger partial charge in [-0.25, -0.2) is 4.98 Å². The summed E-state index contributed by atoms with van der Waals surface area (Å²) in [5, 5.41) is 0.573. The number of nitrogens with zero attached hydrogens (tertiary/aromatic N) is 1. The van der Waals surface area contributed by atoms with Gasteiger partial charge in [0.05, 0.1) is 5.52 Å². The molecule has 0 aliphatic carbocycles. The van der Waals surface area contributed by atoms with Gasteiger partial charge in [-0.15, -0.1) is 0 Å². The average molecular weight is 254 g/mol. The molecule has 18 heavy (non-hydrogen) atoms. The van der Waals surface area contributed by atoms with Gasteiger partial charge in [-0.2, -0.15) is 13.2 Å². The fourth-order valence-corrected chi connectivity index (χ4v) is 1.96. The highest BCUT2D eigenvalue weighted by molar-refractivity contribution is 5.94. The van der Waals surface area contributed by atoms with Crippen LogP contribution in [0.4, 0.5) is 18.9 Å². The predicted octanol–water partition coefficient (Wildman–Crippen LogP) is 3.76. The van der Waals surface area contributed by atoms with E-state index in [1.54, 1.807) is 13.0 Å². The molecule has 0 saturated heterocycles. The normalized spacial score (nSPS) is 12.1. The van der Waals surface area contributed by atoms with E-state index in [4.69, 9.17) is 5.73 Å². The number of anilines is 1. The van der Waals surface area contributed by atoms with Gasteiger partial charge < -0.3 is 5.73 Å². The highest BCUT2D eigenvalue weighted by Gasteiger charge is 2.35. The lowest BCUT2D eigenvalue weighted by molar-refractivity contribution is -0.141. The maximum atomic E-state index is 12.9. The van der Waals surface area contributed by atoms with Crippen LogP contribution < -0.4 is 5.73 Å². The molecule has 0 aliphatic heterocycles. The summed E-state index contributed by atoms with van der Waals surface area (Å²) >= 11 is 0. The topological polar surface area (TPSA) is 38.9 Å². The zero-order chi connectivity index (χ0) is 13.7. The zero-order valence-corrected chi connectivity index (χ0v) is 10.3. The summed E-state index contributed by atoms with van der Waals surface area (Å²) in [7, 11) is 0. The van der Waals surface area contributed by atoms with Crippen molar-refractivity contribution in [3.63, 3.8) is 0 Å². The van der Waals surface area contributed by atoms with E-state index in [1.807, 2.05) is 13.0 Å². The van der Waals surface area contributed by atoms with Gasteiger partial charge in [-0.05, 0) is 31.9 Å². The molecule has 2 N–H and O–H groups in total. The molecule has 2 aromatic rings. The molecule has 2 nitrogen and oxygen atoms in total. The van der Waals surface area contributed by atoms with Crippen molar-refractivity contribution in [3.8, 4) is 0 Å². The number of nitrogens with two attached hydrogens (primary N) is 1. The lowest BCUT2D eigenvalue weighted by Crippen LogP contribution is -2.13. The minimum atomic E-state index is -4.48. The van der Waals surface area contributed by atoms with Gasteiger partial charge in [0.1, 0.15) is 5.69 Å². The van der Waals surface area contributed by atoms with Gasteiger partial charge >= 0.3 is 6.18 Å². The molecule has 5 heteroatoms. The van der Waals surface area contributed by atoms with Crippen molar-refractivity contribution in [2.75, 3.05) is 5.73 Å². The van der Waals surface area contributed by atoms with Crippen LogP contribution in [0.2, 0.25) is 0 Å². The molecule has 0 spiro atoms. The first kappa shape index (κ1) is 12.7. The number of nitrogen functional groups attached to an aromatic ring is 1. The lowest BCUT2D eigenvalue weighted by atomic mass is 10.0. The molecule has 0 radical (unpaired) electrons. The summed E-state index contributed by atoms with van der Waals surface area (Å²) in [6, 6.07) is 3.55. The van der Waals surface area contributed by atoms with E-state index < -0.39 is 11.9 Å². The second kappa shape index (κ2) is 3.86.